The molecule has 0 aliphatic heterocycles. The smallest absolute Gasteiger partial charge is 0.248 e. The first-order valence-corrected chi connectivity index (χ1v) is 6.66. The normalized spacial score (nSPS) is 10.2. The lowest BCUT2D eigenvalue weighted by Crippen LogP contribution is -2.10. The fourth-order valence-corrected chi connectivity index (χ4v) is 1.98. The van der Waals surface area contributed by atoms with E-state index in [1.165, 1.54) is 19.3 Å². The van der Waals surface area contributed by atoms with Gasteiger partial charge in [-0.3, -0.25) is 4.79 Å². The Morgan fingerprint density at radius 1 is 1.35 bits per heavy atom. The molecule has 2 N–H and O–H groups in total. The lowest BCUT2D eigenvalue weighted by molar-refractivity contribution is 0.1000. The Labute approximate surface area is 110 Å². The van der Waals surface area contributed by atoms with Gasteiger partial charge in [0.05, 0.1) is 11.1 Å². The van der Waals surface area contributed by atoms with Gasteiger partial charge in [0.2, 0.25) is 5.91 Å². The van der Waals surface area contributed by atoms with Crippen LogP contribution in [0.2, 0.25) is 0 Å². The largest absolute Gasteiger partial charge is 0.492 e. The number of nitrogens with two attached hydrogens (primary N) is 1. The second-order valence-corrected chi connectivity index (χ2v) is 4.77. The van der Waals surface area contributed by atoms with Crippen molar-refractivity contribution in [3.8, 4) is 5.75 Å². The van der Waals surface area contributed by atoms with E-state index in [1.807, 2.05) is 0 Å². The van der Waals surface area contributed by atoms with Gasteiger partial charge in [0.1, 0.15) is 5.75 Å². The van der Waals surface area contributed by atoms with E-state index in [-0.39, 0.29) is 0 Å². The summed E-state index contributed by atoms with van der Waals surface area (Å²) in [7, 11) is 0. The average molecular weight is 300 g/mol. The first kappa shape index (κ1) is 14.0. The van der Waals surface area contributed by atoms with Crippen molar-refractivity contribution in [1.82, 2.24) is 0 Å². The van der Waals surface area contributed by atoms with Gasteiger partial charge in [-0.05, 0) is 40.5 Å². The van der Waals surface area contributed by atoms with E-state index in [9.17, 15) is 4.79 Å². The average Bonchev–Trinajstić information content (AvgIpc) is 2.30. The molecule has 1 aromatic carbocycles. The molecule has 0 saturated carbocycles. The zero-order valence-corrected chi connectivity index (χ0v) is 11.6. The van der Waals surface area contributed by atoms with Gasteiger partial charge in [-0.15, -0.1) is 0 Å². The molecule has 0 saturated heterocycles. The van der Waals surface area contributed by atoms with Crippen molar-refractivity contribution >= 4 is 21.8 Å². The SMILES string of the molecule is CCCCCCOc1ccc(C(N)=O)cc1Br. The second-order valence-electron chi connectivity index (χ2n) is 3.92. The molecular weight excluding hydrogens is 282 g/mol. The number of unbranched alkanes of at least 4 members (excludes halogenated alkanes) is 3. The molecule has 0 bridgehead atoms. The molecule has 4 heteroatoms. The van der Waals surface area contributed by atoms with Crippen LogP contribution < -0.4 is 10.5 Å². The highest BCUT2D eigenvalue weighted by atomic mass is 79.9. The number of primary amides is 1. The standard InChI is InChI=1S/C13H18BrNO2/c1-2-3-4-5-8-17-12-7-6-10(13(15)16)9-11(12)14/h6-7,9H,2-5,8H2,1H3,(H2,15,16). The summed E-state index contributed by atoms with van der Waals surface area (Å²) in [5.74, 6) is 0.326. The maximum absolute atomic E-state index is 11.0. The van der Waals surface area contributed by atoms with Crippen molar-refractivity contribution in [2.45, 2.75) is 32.6 Å². The minimum atomic E-state index is -0.430. The Bertz CT molecular complexity index is 380. The van der Waals surface area contributed by atoms with Gasteiger partial charge < -0.3 is 10.5 Å². The number of halogens is 1. The summed E-state index contributed by atoms with van der Waals surface area (Å²) >= 11 is 3.37. The maximum atomic E-state index is 11.0. The van der Waals surface area contributed by atoms with E-state index in [0.29, 0.717) is 12.2 Å². The number of ether oxygens (including phenoxy) is 1. The maximum Gasteiger partial charge on any atom is 0.248 e. The molecule has 0 aromatic heterocycles. The molecule has 94 valence electrons. The van der Waals surface area contributed by atoms with Crippen LogP contribution in [0.15, 0.2) is 22.7 Å². The van der Waals surface area contributed by atoms with Crippen LogP contribution in [0.1, 0.15) is 43.0 Å². The third-order valence-electron chi connectivity index (χ3n) is 2.47. The van der Waals surface area contributed by atoms with Crippen molar-refractivity contribution in [3.05, 3.63) is 28.2 Å². The van der Waals surface area contributed by atoms with E-state index >= 15 is 0 Å². The molecule has 0 unspecified atom stereocenters. The summed E-state index contributed by atoms with van der Waals surface area (Å²) in [5.41, 5.74) is 5.67. The molecule has 0 atom stereocenters. The predicted molar refractivity (Wildman–Crippen MR) is 72.3 cm³/mol. The van der Waals surface area contributed by atoms with Gasteiger partial charge in [-0.2, -0.15) is 0 Å². The summed E-state index contributed by atoms with van der Waals surface area (Å²) in [5, 5.41) is 0. The Morgan fingerprint density at radius 2 is 2.12 bits per heavy atom. The lowest BCUT2D eigenvalue weighted by atomic mass is 10.2. The third kappa shape index (κ3) is 4.77. The molecule has 0 fully saturated rings. The highest BCUT2D eigenvalue weighted by molar-refractivity contribution is 9.10. The highest BCUT2D eigenvalue weighted by Crippen LogP contribution is 2.26. The molecule has 0 spiro atoms. The van der Waals surface area contributed by atoms with Gasteiger partial charge in [0, 0.05) is 5.56 Å². The van der Waals surface area contributed by atoms with E-state index in [0.717, 1.165) is 16.6 Å². The van der Waals surface area contributed by atoms with E-state index in [4.69, 9.17) is 10.5 Å². The van der Waals surface area contributed by atoms with Crippen molar-refractivity contribution in [2.75, 3.05) is 6.61 Å². The van der Waals surface area contributed by atoms with Crippen LogP contribution in [-0.2, 0) is 0 Å². The van der Waals surface area contributed by atoms with Crippen LogP contribution in [-0.4, -0.2) is 12.5 Å². The van der Waals surface area contributed by atoms with Crippen LogP contribution in [0.5, 0.6) is 5.75 Å². The molecule has 17 heavy (non-hydrogen) atoms. The van der Waals surface area contributed by atoms with E-state index in [1.54, 1.807) is 18.2 Å². The number of carbonyl (C=O) groups is 1. The highest BCUT2D eigenvalue weighted by Gasteiger charge is 2.05. The molecule has 0 aliphatic rings. The van der Waals surface area contributed by atoms with Gasteiger partial charge >= 0.3 is 0 Å². The number of benzene rings is 1. The molecule has 1 aromatic rings. The lowest BCUT2D eigenvalue weighted by Gasteiger charge is -2.08. The molecule has 1 rings (SSSR count). The Hall–Kier alpha value is -1.03. The Kier molecular flexibility index (Phi) is 6.05. The van der Waals surface area contributed by atoms with Crippen molar-refractivity contribution in [1.29, 1.82) is 0 Å². The summed E-state index contributed by atoms with van der Waals surface area (Å²) in [6.45, 7) is 2.88. The minimum Gasteiger partial charge on any atom is -0.492 e. The number of rotatable bonds is 7. The van der Waals surface area contributed by atoms with Crippen molar-refractivity contribution in [2.24, 2.45) is 5.73 Å². The van der Waals surface area contributed by atoms with E-state index < -0.39 is 5.91 Å². The topological polar surface area (TPSA) is 52.3 Å². The summed E-state index contributed by atoms with van der Waals surface area (Å²) in [6, 6.07) is 5.13. The number of amides is 1. The zero-order chi connectivity index (χ0) is 12.7. The van der Waals surface area contributed by atoms with E-state index in [2.05, 4.69) is 22.9 Å². The number of hydrogen-bond acceptors (Lipinski definition) is 2. The monoisotopic (exact) mass is 299 g/mol. The van der Waals surface area contributed by atoms with Crippen molar-refractivity contribution in [3.63, 3.8) is 0 Å². The quantitative estimate of drug-likeness (QED) is 0.783. The van der Waals surface area contributed by atoms with Gasteiger partial charge in [-0.25, -0.2) is 0 Å². The first-order chi connectivity index (χ1) is 8.15. The molecule has 1 amide bonds. The van der Waals surface area contributed by atoms with Gasteiger partial charge in [0.25, 0.3) is 0 Å². The van der Waals surface area contributed by atoms with Gasteiger partial charge in [0.15, 0.2) is 0 Å². The fourth-order valence-electron chi connectivity index (χ4n) is 1.48. The molecular formula is C13H18BrNO2. The predicted octanol–water partition coefficient (Wildman–Crippen LogP) is 3.51. The first-order valence-electron chi connectivity index (χ1n) is 5.87. The molecule has 3 nitrogen and oxygen atoms in total. The third-order valence-corrected chi connectivity index (χ3v) is 3.09. The van der Waals surface area contributed by atoms with Crippen LogP contribution in [0.3, 0.4) is 0 Å². The molecule has 0 radical (unpaired) electrons. The van der Waals surface area contributed by atoms with Crippen LogP contribution in [0, 0.1) is 0 Å². The fraction of sp³-hybridized carbons (Fsp3) is 0.462. The summed E-state index contributed by atoms with van der Waals surface area (Å²) in [4.78, 5) is 11.0. The van der Waals surface area contributed by atoms with Crippen LogP contribution >= 0.6 is 15.9 Å². The summed E-state index contributed by atoms with van der Waals surface area (Å²) < 4.78 is 6.39. The second kappa shape index (κ2) is 7.33. The van der Waals surface area contributed by atoms with Gasteiger partial charge in [-0.1, -0.05) is 26.2 Å². The minimum absolute atomic E-state index is 0.430. The Balaban J connectivity index is 2.46. The zero-order valence-electron chi connectivity index (χ0n) is 10.0. The molecule has 0 heterocycles. The van der Waals surface area contributed by atoms with Crippen molar-refractivity contribution < 1.29 is 9.53 Å². The number of carbonyl (C=O) groups excluding carboxylic acids is 1. The molecule has 0 aliphatic carbocycles. The Morgan fingerprint density at radius 3 is 2.71 bits per heavy atom. The van der Waals surface area contributed by atoms with Crippen LogP contribution in [0.25, 0.3) is 0 Å². The van der Waals surface area contributed by atoms with Crippen LogP contribution in [0.4, 0.5) is 0 Å². The number of hydrogen-bond donors (Lipinski definition) is 1. The summed E-state index contributed by atoms with van der Waals surface area (Å²) in [6.07, 6.45) is 4.70.